The Morgan fingerprint density at radius 2 is 1.95 bits per heavy atom. The highest BCUT2D eigenvalue weighted by Crippen LogP contribution is 2.33. The summed E-state index contributed by atoms with van der Waals surface area (Å²) in [6.07, 6.45) is 4.15. The van der Waals surface area contributed by atoms with Crippen LogP contribution in [0, 0.1) is 10.1 Å². The summed E-state index contributed by atoms with van der Waals surface area (Å²) in [4.78, 5) is 15.0. The third kappa shape index (κ3) is 2.80. The average Bonchev–Trinajstić information content (AvgIpc) is 2.49. The Bertz CT molecular complexity index is 666. The summed E-state index contributed by atoms with van der Waals surface area (Å²) >= 11 is 0. The van der Waals surface area contributed by atoms with E-state index < -0.39 is 4.92 Å². The zero-order chi connectivity index (χ0) is 14.8. The first kappa shape index (κ1) is 13.8. The number of fused-ring (bicyclic) bond motifs is 1. The third-order valence-electron chi connectivity index (χ3n) is 4.00. The quantitative estimate of drug-likeness (QED) is 0.669. The second-order valence-corrected chi connectivity index (χ2v) is 5.44. The lowest BCUT2D eigenvalue weighted by Gasteiger charge is -2.27. The van der Waals surface area contributed by atoms with Gasteiger partial charge in [-0.25, -0.2) is 4.98 Å². The Kier molecular flexibility index (Phi) is 3.70. The molecule has 2 aromatic rings. The lowest BCUT2D eigenvalue weighted by atomic mass is 9.93. The lowest BCUT2D eigenvalue weighted by Crippen LogP contribution is -2.28. The van der Waals surface area contributed by atoms with Gasteiger partial charge in [-0.2, -0.15) is 0 Å². The Hall–Kier alpha value is -2.21. The van der Waals surface area contributed by atoms with Crippen molar-refractivity contribution < 1.29 is 10.0 Å². The number of para-hydroxylation sites is 1. The molecule has 1 fully saturated rings. The van der Waals surface area contributed by atoms with Crippen LogP contribution in [0.3, 0.4) is 0 Å². The molecule has 1 saturated carbocycles. The predicted molar refractivity (Wildman–Crippen MR) is 80.3 cm³/mol. The normalized spacial score (nSPS) is 22.1. The zero-order valence-corrected chi connectivity index (χ0v) is 11.5. The number of hydrogen-bond donors (Lipinski definition) is 2. The minimum absolute atomic E-state index is 0.000165. The predicted octanol–water partition coefficient (Wildman–Crippen LogP) is 2.86. The number of anilines is 1. The van der Waals surface area contributed by atoms with Crippen molar-refractivity contribution in [2.24, 2.45) is 0 Å². The minimum Gasteiger partial charge on any atom is -0.393 e. The first-order chi connectivity index (χ1) is 10.1. The van der Waals surface area contributed by atoms with Gasteiger partial charge in [0, 0.05) is 11.4 Å². The number of benzene rings is 1. The number of pyridine rings is 1. The number of aliphatic hydroxyl groups excluding tert-OH is 1. The molecule has 0 amide bonds. The molecule has 0 bridgehead atoms. The Labute approximate surface area is 122 Å². The van der Waals surface area contributed by atoms with E-state index in [1.165, 1.54) is 6.20 Å². The largest absolute Gasteiger partial charge is 0.393 e. The van der Waals surface area contributed by atoms with Gasteiger partial charge in [-0.05, 0) is 31.7 Å². The van der Waals surface area contributed by atoms with Crippen LogP contribution in [-0.4, -0.2) is 27.2 Å². The Morgan fingerprint density at radius 1 is 1.24 bits per heavy atom. The highest BCUT2D eigenvalue weighted by molar-refractivity contribution is 5.95. The fourth-order valence-corrected chi connectivity index (χ4v) is 2.85. The van der Waals surface area contributed by atoms with Crippen LogP contribution in [0.4, 0.5) is 11.4 Å². The number of aliphatic hydroxyl groups is 1. The van der Waals surface area contributed by atoms with Crippen molar-refractivity contribution in [2.45, 2.75) is 37.8 Å². The maximum Gasteiger partial charge on any atom is 0.311 e. The number of nitro groups is 1. The third-order valence-corrected chi connectivity index (χ3v) is 4.00. The van der Waals surface area contributed by atoms with E-state index in [0.717, 1.165) is 36.6 Å². The van der Waals surface area contributed by atoms with Crippen molar-refractivity contribution >= 4 is 22.3 Å². The molecule has 0 saturated heterocycles. The van der Waals surface area contributed by atoms with Gasteiger partial charge in [0.15, 0.2) is 0 Å². The fraction of sp³-hybridized carbons (Fsp3) is 0.400. The van der Waals surface area contributed by atoms with E-state index in [9.17, 15) is 15.2 Å². The Morgan fingerprint density at radius 3 is 2.67 bits per heavy atom. The molecule has 0 aliphatic heterocycles. The van der Waals surface area contributed by atoms with Crippen LogP contribution in [0.2, 0.25) is 0 Å². The molecule has 0 unspecified atom stereocenters. The van der Waals surface area contributed by atoms with Crippen molar-refractivity contribution in [3.05, 3.63) is 40.6 Å². The molecular weight excluding hydrogens is 270 g/mol. The maximum atomic E-state index is 11.2. The van der Waals surface area contributed by atoms with Crippen molar-refractivity contribution in [2.75, 3.05) is 5.32 Å². The van der Waals surface area contributed by atoms with Gasteiger partial charge in [0.05, 0.1) is 16.5 Å². The summed E-state index contributed by atoms with van der Waals surface area (Å²) in [5.41, 5.74) is 1.27. The Balaban J connectivity index is 1.98. The molecule has 1 aromatic heterocycles. The molecule has 1 aliphatic carbocycles. The summed E-state index contributed by atoms with van der Waals surface area (Å²) in [7, 11) is 0. The number of nitrogens with zero attached hydrogens (tertiary/aromatic N) is 2. The van der Waals surface area contributed by atoms with Gasteiger partial charge in [0.1, 0.15) is 11.9 Å². The van der Waals surface area contributed by atoms with Crippen LogP contribution in [0.15, 0.2) is 30.5 Å². The summed E-state index contributed by atoms with van der Waals surface area (Å²) < 4.78 is 0. The van der Waals surface area contributed by atoms with Crippen LogP contribution in [0.5, 0.6) is 0 Å². The summed E-state index contributed by atoms with van der Waals surface area (Å²) in [6.45, 7) is 0. The number of aromatic nitrogens is 1. The molecule has 6 heteroatoms. The van der Waals surface area contributed by atoms with Gasteiger partial charge in [0.2, 0.25) is 0 Å². The smallest absolute Gasteiger partial charge is 0.311 e. The molecule has 6 nitrogen and oxygen atoms in total. The maximum absolute atomic E-state index is 11.2. The topological polar surface area (TPSA) is 88.3 Å². The van der Waals surface area contributed by atoms with Crippen LogP contribution in [0.1, 0.15) is 25.7 Å². The summed E-state index contributed by atoms with van der Waals surface area (Å²) in [5, 5.41) is 24.9. The van der Waals surface area contributed by atoms with Crippen molar-refractivity contribution in [3.63, 3.8) is 0 Å². The van der Waals surface area contributed by atoms with Crippen molar-refractivity contribution in [1.29, 1.82) is 0 Å². The molecule has 1 heterocycles. The van der Waals surface area contributed by atoms with E-state index in [1.807, 2.05) is 24.3 Å². The van der Waals surface area contributed by atoms with E-state index in [0.29, 0.717) is 5.69 Å². The molecule has 110 valence electrons. The second kappa shape index (κ2) is 5.65. The highest BCUT2D eigenvalue weighted by Gasteiger charge is 2.24. The van der Waals surface area contributed by atoms with Crippen LogP contribution in [0.25, 0.3) is 10.9 Å². The van der Waals surface area contributed by atoms with E-state index >= 15 is 0 Å². The molecule has 3 rings (SSSR count). The van der Waals surface area contributed by atoms with Crippen molar-refractivity contribution in [3.8, 4) is 0 Å². The van der Waals surface area contributed by atoms with Crippen molar-refractivity contribution in [1.82, 2.24) is 4.98 Å². The van der Waals surface area contributed by atoms with Gasteiger partial charge in [-0.15, -0.1) is 0 Å². The number of rotatable bonds is 3. The van der Waals surface area contributed by atoms with E-state index in [2.05, 4.69) is 10.3 Å². The first-order valence-electron chi connectivity index (χ1n) is 7.12. The monoisotopic (exact) mass is 287 g/mol. The van der Waals surface area contributed by atoms with Crippen LogP contribution < -0.4 is 5.32 Å². The standard InChI is InChI=1S/C15H17N3O3/c19-11-7-5-10(6-8-11)17-15-12-3-1-2-4-13(12)16-9-14(15)18(20)21/h1-4,9-11,19H,5-8H2,(H,16,17). The van der Waals surface area contributed by atoms with Gasteiger partial charge < -0.3 is 10.4 Å². The number of hydrogen-bond acceptors (Lipinski definition) is 5. The van der Waals surface area contributed by atoms with Gasteiger partial charge >= 0.3 is 5.69 Å². The van der Waals surface area contributed by atoms with Gasteiger partial charge in [-0.3, -0.25) is 10.1 Å². The fourth-order valence-electron chi connectivity index (χ4n) is 2.85. The van der Waals surface area contributed by atoms with E-state index in [1.54, 1.807) is 0 Å². The SMILES string of the molecule is O=[N+]([O-])c1cnc2ccccc2c1NC1CCC(O)CC1. The van der Waals surface area contributed by atoms with E-state index in [4.69, 9.17) is 0 Å². The molecule has 1 aromatic carbocycles. The van der Waals surface area contributed by atoms with Crippen LogP contribution >= 0.6 is 0 Å². The molecule has 0 radical (unpaired) electrons. The zero-order valence-electron chi connectivity index (χ0n) is 11.5. The molecule has 1 aliphatic rings. The van der Waals surface area contributed by atoms with Crippen LogP contribution in [-0.2, 0) is 0 Å². The second-order valence-electron chi connectivity index (χ2n) is 5.44. The average molecular weight is 287 g/mol. The molecular formula is C15H17N3O3. The summed E-state index contributed by atoms with van der Waals surface area (Å²) in [6, 6.07) is 7.55. The van der Waals surface area contributed by atoms with E-state index in [-0.39, 0.29) is 17.8 Å². The highest BCUT2D eigenvalue weighted by atomic mass is 16.6. The molecule has 0 atom stereocenters. The van der Waals surface area contributed by atoms with Gasteiger partial charge in [0.25, 0.3) is 0 Å². The first-order valence-corrected chi connectivity index (χ1v) is 7.12. The number of nitrogens with one attached hydrogen (secondary N) is 1. The lowest BCUT2D eigenvalue weighted by molar-refractivity contribution is -0.384. The van der Waals surface area contributed by atoms with Gasteiger partial charge in [-0.1, -0.05) is 18.2 Å². The summed E-state index contributed by atoms with van der Waals surface area (Å²) in [5.74, 6) is 0. The molecule has 2 N–H and O–H groups in total. The molecule has 21 heavy (non-hydrogen) atoms. The molecule has 0 spiro atoms. The minimum atomic E-state index is -0.403.